The number of aromatic amines is 1. The second-order valence-electron chi connectivity index (χ2n) is 4.17. The largest absolute Gasteiger partial charge is 0.356 e. The smallest absolute Gasteiger partial charge is 0.220 e. The summed E-state index contributed by atoms with van der Waals surface area (Å²) in [7, 11) is 0. The number of hydrogen-bond acceptors (Lipinski definition) is 3. The molecule has 0 atom stereocenters. The molecule has 0 saturated carbocycles. The SMILES string of the molecule is Cc1ncc(CCNC(=O)CCc2cccs2)[nH]1. The summed E-state index contributed by atoms with van der Waals surface area (Å²) in [6.07, 6.45) is 3.99. The minimum absolute atomic E-state index is 0.111. The Morgan fingerprint density at radius 3 is 3.06 bits per heavy atom. The summed E-state index contributed by atoms with van der Waals surface area (Å²) < 4.78 is 0. The van der Waals surface area contributed by atoms with Crippen LogP contribution in [0.3, 0.4) is 0 Å². The fourth-order valence-electron chi connectivity index (χ4n) is 1.72. The molecule has 2 aromatic heterocycles. The zero-order valence-electron chi connectivity index (χ0n) is 10.4. The molecule has 2 aromatic rings. The summed E-state index contributed by atoms with van der Waals surface area (Å²) >= 11 is 1.70. The number of aromatic nitrogens is 2. The zero-order chi connectivity index (χ0) is 12.8. The third kappa shape index (κ3) is 4.00. The van der Waals surface area contributed by atoms with Gasteiger partial charge < -0.3 is 10.3 Å². The summed E-state index contributed by atoms with van der Waals surface area (Å²) in [5, 5.41) is 4.96. The molecule has 4 nitrogen and oxygen atoms in total. The molecule has 0 aromatic carbocycles. The predicted molar refractivity (Wildman–Crippen MR) is 72.7 cm³/mol. The number of H-pyrrole nitrogens is 1. The average molecular weight is 263 g/mol. The molecule has 0 radical (unpaired) electrons. The van der Waals surface area contributed by atoms with Crippen molar-refractivity contribution in [1.29, 1.82) is 0 Å². The standard InChI is InChI=1S/C13H17N3OS/c1-10-15-9-11(16-10)6-7-14-13(17)5-4-12-3-2-8-18-12/h2-3,8-9H,4-7H2,1H3,(H,14,17)(H,15,16). The van der Waals surface area contributed by atoms with Gasteiger partial charge in [-0.2, -0.15) is 0 Å². The highest BCUT2D eigenvalue weighted by atomic mass is 32.1. The molecule has 0 spiro atoms. The van der Waals surface area contributed by atoms with Crippen LogP contribution in [0.5, 0.6) is 0 Å². The Morgan fingerprint density at radius 2 is 2.39 bits per heavy atom. The number of amides is 1. The fraction of sp³-hybridized carbons (Fsp3) is 0.385. The Hall–Kier alpha value is -1.62. The molecule has 2 N–H and O–H groups in total. The van der Waals surface area contributed by atoms with E-state index >= 15 is 0 Å². The molecule has 96 valence electrons. The first-order valence-corrected chi connectivity index (χ1v) is 6.91. The van der Waals surface area contributed by atoms with Crippen LogP contribution < -0.4 is 5.32 Å². The summed E-state index contributed by atoms with van der Waals surface area (Å²) in [5.41, 5.74) is 1.06. The van der Waals surface area contributed by atoms with E-state index in [-0.39, 0.29) is 5.91 Å². The van der Waals surface area contributed by atoms with Crippen LogP contribution in [0, 0.1) is 6.92 Å². The maximum atomic E-state index is 11.6. The van der Waals surface area contributed by atoms with Crippen LogP contribution in [0.15, 0.2) is 23.7 Å². The Morgan fingerprint density at radius 1 is 1.50 bits per heavy atom. The average Bonchev–Trinajstić information content (AvgIpc) is 2.98. The number of hydrogen-bond donors (Lipinski definition) is 2. The second-order valence-corrected chi connectivity index (χ2v) is 5.21. The van der Waals surface area contributed by atoms with Crippen molar-refractivity contribution in [2.45, 2.75) is 26.2 Å². The number of nitrogens with zero attached hydrogens (tertiary/aromatic N) is 1. The van der Waals surface area contributed by atoms with Crippen molar-refractivity contribution in [2.75, 3.05) is 6.54 Å². The van der Waals surface area contributed by atoms with Crippen LogP contribution >= 0.6 is 11.3 Å². The van der Waals surface area contributed by atoms with Crippen molar-refractivity contribution in [3.63, 3.8) is 0 Å². The summed E-state index contributed by atoms with van der Waals surface area (Å²) in [6.45, 7) is 2.58. The van der Waals surface area contributed by atoms with Gasteiger partial charge in [-0.25, -0.2) is 4.98 Å². The number of rotatable bonds is 6. The highest BCUT2D eigenvalue weighted by Crippen LogP contribution is 2.10. The number of carbonyl (C=O) groups excluding carboxylic acids is 1. The lowest BCUT2D eigenvalue weighted by atomic mass is 10.2. The molecule has 0 aliphatic rings. The molecule has 0 bridgehead atoms. The maximum absolute atomic E-state index is 11.6. The van der Waals surface area contributed by atoms with Crippen LogP contribution in [0.4, 0.5) is 0 Å². The van der Waals surface area contributed by atoms with Gasteiger partial charge in [0.15, 0.2) is 0 Å². The van der Waals surface area contributed by atoms with Gasteiger partial charge in [0.25, 0.3) is 0 Å². The summed E-state index contributed by atoms with van der Waals surface area (Å²) in [6, 6.07) is 4.07. The van der Waals surface area contributed by atoms with Gasteiger partial charge in [-0.1, -0.05) is 6.07 Å². The Balaban J connectivity index is 1.63. The van der Waals surface area contributed by atoms with E-state index in [1.165, 1.54) is 4.88 Å². The van der Waals surface area contributed by atoms with Gasteiger partial charge >= 0.3 is 0 Å². The number of nitrogens with one attached hydrogen (secondary N) is 2. The number of aryl methyl sites for hydroxylation is 2. The van der Waals surface area contributed by atoms with Crippen LogP contribution in [0.1, 0.15) is 22.8 Å². The molecule has 2 rings (SSSR count). The van der Waals surface area contributed by atoms with Gasteiger partial charge in [-0.3, -0.25) is 4.79 Å². The normalized spacial score (nSPS) is 10.5. The van der Waals surface area contributed by atoms with Crippen molar-refractivity contribution in [2.24, 2.45) is 0 Å². The van der Waals surface area contributed by atoms with Crippen molar-refractivity contribution >= 4 is 17.2 Å². The lowest BCUT2D eigenvalue weighted by Gasteiger charge is -2.03. The van der Waals surface area contributed by atoms with E-state index in [4.69, 9.17) is 0 Å². The lowest BCUT2D eigenvalue weighted by molar-refractivity contribution is -0.121. The van der Waals surface area contributed by atoms with Crippen molar-refractivity contribution in [1.82, 2.24) is 15.3 Å². The predicted octanol–water partition coefficient (Wildman–Crippen LogP) is 2.07. The molecule has 18 heavy (non-hydrogen) atoms. The second kappa shape index (κ2) is 6.35. The third-order valence-electron chi connectivity index (χ3n) is 2.65. The monoisotopic (exact) mass is 263 g/mol. The molecule has 0 unspecified atom stereocenters. The maximum Gasteiger partial charge on any atom is 0.220 e. The van der Waals surface area contributed by atoms with E-state index < -0.39 is 0 Å². The van der Waals surface area contributed by atoms with E-state index in [1.807, 2.05) is 24.6 Å². The van der Waals surface area contributed by atoms with Crippen LogP contribution in [-0.2, 0) is 17.6 Å². The molecular formula is C13H17N3OS. The summed E-state index contributed by atoms with van der Waals surface area (Å²) in [5.74, 6) is 1.02. The quantitative estimate of drug-likeness (QED) is 0.838. The van der Waals surface area contributed by atoms with E-state index in [0.717, 1.165) is 24.4 Å². The summed E-state index contributed by atoms with van der Waals surface area (Å²) in [4.78, 5) is 20.1. The first-order chi connectivity index (χ1) is 8.74. The van der Waals surface area contributed by atoms with Gasteiger partial charge in [0.05, 0.1) is 0 Å². The van der Waals surface area contributed by atoms with Gasteiger partial charge in [0.1, 0.15) is 5.82 Å². The number of imidazole rings is 1. The topological polar surface area (TPSA) is 57.8 Å². The molecule has 0 aliphatic heterocycles. The highest BCUT2D eigenvalue weighted by molar-refractivity contribution is 7.09. The van der Waals surface area contributed by atoms with Crippen molar-refractivity contribution < 1.29 is 4.79 Å². The first-order valence-electron chi connectivity index (χ1n) is 6.03. The minimum atomic E-state index is 0.111. The van der Waals surface area contributed by atoms with Crippen molar-refractivity contribution in [3.05, 3.63) is 40.1 Å². The molecular weight excluding hydrogens is 246 g/mol. The van der Waals surface area contributed by atoms with Gasteiger partial charge in [0.2, 0.25) is 5.91 Å². The van der Waals surface area contributed by atoms with E-state index in [9.17, 15) is 4.79 Å². The van der Waals surface area contributed by atoms with Crippen LogP contribution in [-0.4, -0.2) is 22.4 Å². The van der Waals surface area contributed by atoms with E-state index in [2.05, 4.69) is 21.4 Å². The minimum Gasteiger partial charge on any atom is -0.356 e. The van der Waals surface area contributed by atoms with E-state index in [1.54, 1.807) is 11.3 Å². The van der Waals surface area contributed by atoms with Crippen molar-refractivity contribution in [3.8, 4) is 0 Å². The number of carbonyl (C=O) groups is 1. The van der Waals surface area contributed by atoms with E-state index in [0.29, 0.717) is 13.0 Å². The van der Waals surface area contributed by atoms with Gasteiger partial charge in [-0.05, 0) is 24.8 Å². The molecule has 0 saturated heterocycles. The fourth-order valence-corrected chi connectivity index (χ4v) is 2.42. The first kappa shape index (κ1) is 12.8. The zero-order valence-corrected chi connectivity index (χ0v) is 11.2. The Labute approximate surface area is 110 Å². The lowest BCUT2D eigenvalue weighted by Crippen LogP contribution is -2.25. The molecule has 5 heteroatoms. The molecule has 0 aliphatic carbocycles. The Kier molecular flexibility index (Phi) is 4.52. The molecule has 0 fully saturated rings. The van der Waals surface area contributed by atoms with Crippen LogP contribution in [0.2, 0.25) is 0 Å². The molecule has 2 heterocycles. The van der Waals surface area contributed by atoms with Gasteiger partial charge in [-0.15, -0.1) is 11.3 Å². The number of thiophene rings is 1. The molecule has 1 amide bonds. The third-order valence-corrected chi connectivity index (χ3v) is 3.59. The van der Waals surface area contributed by atoms with Crippen LogP contribution in [0.25, 0.3) is 0 Å². The highest BCUT2D eigenvalue weighted by Gasteiger charge is 2.03. The van der Waals surface area contributed by atoms with Gasteiger partial charge in [0, 0.05) is 36.2 Å². The Bertz CT molecular complexity index is 490.